The number of benzene rings is 2. The third kappa shape index (κ3) is 1.92. The molecule has 0 fully saturated rings. The van der Waals surface area contributed by atoms with Crippen molar-refractivity contribution in [3.8, 4) is 0 Å². The van der Waals surface area contributed by atoms with Crippen molar-refractivity contribution < 1.29 is 4.80 Å². The second-order valence-corrected chi connectivity index (χ2v) is 4.87. The lowest BCUT2D eigenvalue weighted by Gasteiger charge is -2.04. The number of hydrogen-bond acceptors (Lipinski definition) is 0. The van der Waals surface area contributed by atoms with Crippen molar-refractivity contribution in [2.45, 2.75) is 0 Å². The normalized spacial score (nSPS) is 10.4. The summed E-state index contributed by atoms with van der Waals surface area (Å²) in [6.45, 7) is 0. The Morgan fingerprint density at radius 1 is 0.643 bits per heavy atom. The first-order valence-electron chi connectivity index (χ1n) is 4.53. The summed E-state index contributed by atoms with van der Waals surface area (Å²) in [5.41, 5.74) is 0. The molecule has 14 heavy (non-hydrogen) atoms. The zero-order valence-electron chi connectivity index (χ0n) is 7.68. The molecule has 2 aromatic rings. The maximum Gasteiger partial charge on any atom is 0.329 e. The van der Waals surface area contributed by atoms with Gasteiger partial charge in [0.25, 0.3) is 0 Å². The van der Waals surface area contributed by atoms with Gasteiger partial charge in [0.2, 0.25) is 0 Å². The minimum atomic E-state index is -1.79. The lowest BCUT2D eigenvalue weighted by molar-refractivity contribution is 0.471. The van der Waals surface area contributed by atoms with Crippen LogP contribution in [0.25, 0.3) is 0 Å². The maximum absolute atomic E-state index is 12.0. The largest absolute Gasteiger partial charge is 0.329 e. The van der Waals surface area contributed by atoms with E-state index < -0.39 is 9.04 Å². The Morgan fingerprint density at radius 3 is 1.36 bits per heavy atom. The van der Waals surface area contributed by atoms with Gasteiger partial charge in [-0.05, 0) is 10.4 Å². The molecule has 2 rings (SSSR count). The Balaban J connectivity index is 2.30. The fourth-order valence-corrected chi connectivity index (χ4v) is 2.67. The molecule has 2 aromatic carbocycles. The Labute approximate surface area is 85.4 Å². The van der Waals surface area contributed by atoms with Crippen LogP contribution in [0, 0.1) is 0 Å². The minimum Gasteiger partial charge on any atom is -0.285 e. The summed E-state index contributed by atoms with van der Waals surface area (Å²) in [6, 6.07) is 19.2. The van der Waals surface area contributed by atoms with E-state index in [1.807, 2.05) is 60.7 Å². The summed E-state index contributed by atoms with van der Waals surface area (Å²) in [5, 5.41) is 1.84. The minimum absolute atomic E-state index is 0.920. The molecule has 0 heterocycles. The van der Waals surface area contributed by atoms with Gasteiger partial charge in [-0.1, -0.05) is 60.7 Å². The van der Waals surface area contributed by atoms with Gasteiger partial charge < -0.3 is 0 Å². The van der Waals surface area contributed by atoms with Crippen LogP contribution in [0.15, 0.2) is 60.7 Å². The van der Waals surface area contributed by atoms with Crippen LogP contribution in [-0.2, 0) is 4.80 Å². The summed E-state index contributed by atoms with van der Waals surface area (Å²) < 4.78 is 0. The van der Waals surface area contributed by atoms with Gasteiger partial charge >= 0.3 is 9.04 Å². The Kier molecular flexibility index (Phi) is 2.77. The molecule has 0 aromatic heterocycles. The molecule has 0 saturated heterocycles. The first-order chi connectivity index (χ1) is 6.88. The molecule has 0 spiro atoms. The third-order valence-corrected chi connectivity index (χ3v) is 3.79. The van der Waals surface area contributed by atoms with E-state index in [-0.39, 0.29) is 0 Å². The molecule has 1 nitrogen and oxygen atoms in total. The quantitative estimate of drug-likeness (QED) is 0.647. The fourth-order valence-electron chi connectivity index (χ4n) is 1.35. The van der Waals surface area contributed by atoms with E-state index in [0.29, 0.717) is 0 Å². The molecular formula is C12H10OSi. The summed E-state index contributed by atoms with van der Waals surface area (Å²) in [5.74, 6) is 0. The van der Waals surface area contributed by atoms with E-state index in [1.54, 1.807) is 0 Å². The monoisotopic (exact) mass is 198 g/mol. The molecule has 2 radical (unpaired) electrons. The number of hydrogen-bond donors (Lipinski definition) is 0. The van der Waals surface area contributed by atoms with E-state index in [1.165, 1.54) is 0 Å². The van der Waals surface area contributed by atoms with E-state index in [2.05, 4.69) is 0 Å². The van der Waals surface area contributed by atoms with Crippen LogP contribution in [0.1, 0.15) is 0 Å². The molecule has 0 bridgehead atoms. The maximum atomic E-state index is 12.0. The van der Waals surface area contributed by atoms with Crippen molar-refractivity contribution >= 4 is 19.4 Å². The van der Waals surface area contributed by atoms with Crippen LogP contribution in [-0.4, -0.2) is 9.04 Å². The highest BCUT2D eigenvalue weighted by atomic mass is 28.3. The lowest BCUT2D eigenvalue weighted by Crippen LogP contribution is -2.40. The Bertz CT molecular complexity index is 346. The summed E-state index contributed by atoms with van der Waals surface area (Å²) in [4.78, 5) is 12.0. The molecule has 0 atom stereocenters. The molecule has 0 N–H and O–H groups in total. The highest BCUT2D eigenvalue weighted by Crippen LogP contribution is 1.89. The molecule has 0 unspecified atom stereocenters. The third-order valence-electron chi connectivity index (χ3n) is 2.07. The van der Waals surface area contributed by atoms with E-state index in [4.69, 9.17) is 0 Å². The van der Waals surface area contributed by atoms with Crippen molar-refractivity contribution in [2.24, 2.45) is 0 Å². The van der Waals surface area contributed by atoms with Crippen molar-refractivity contribution in [1.82, 2.24) is 0 Å². The van der Waals surface area contributed by atoms with Gasteiger partial charge in [-0.15, -0.1) is 0 Å². The van der Waals surface area contributed by atoms with E-state index >= 15 is 0 Å². The molecule has 0 saturated carbocycles. The topological polar surface area (TPSA) is 19.9 Å². The standard InChI is InChI=1S/C12H10OSi/c13-14(11-7-3-1-4-8-11)12-9-5-2-6-10-12/h1-10H. The molecule has 0 aliphatic heterocycles. The Hall–Kier alpha value is -1.38. The zero-order chi connectivity index (χ0) is 9.80. The first-order valence-corrected chi connectivity index (χ1v) is 5.93. The van der Waals surface area contributed by atoms with Gasteiger partial charge in [0.05, 0.1) is 0 Å². The molecule has 0 aliphatic rings. The van der Waals surface area contributed by atoms with Crippen LogP contribution in [0.2, 0.25) is 0 Å². The smallest absolute Gasteiger partial charge is 0.285 e. The zero-order valence-corrected chi connectivity index (χ0v) is 8.68. The van der Waals surface area contributed by atoms with Gasteiger partial charge in [0.1, 0.15) is 0 Å². The number of rotatable bonds is 2. The van der Waals surface area contributed by atoms with Crippen LogP contribution in [0.3, 0.4) is 0 Å². The van der Waals surface area contributed by atoms with Gasteiger partial charge in [-0.25, -0.2) is 0 Å². The van der Waals surface area contributed by atoms with Gasteiger partial charge in [0, 0.05) is 0 Å². The molecular weight excluding hydrogens is 188 g/mol. The van der Waals surface area contributed by atoms with Gasteiger partial charge in [-0.2, -0.15) is 0 Å². The predicted octanol–water partition coefficient (Wildman–Crippen LogP) is 1.22. The van der Waals surface area contributed by atoms with Crippen molar-refractivity contribution in [2.75, 3.05) is 0 Å². The first kappa shape index (κ1) is 9.18. The average Bonchev–Trinajstić information content (AvgIpc) is 2.30. The van der Waals surface area contributed by atoms with Crippen molar-refractivity contribution in [1.29, 1.82) is 0 Å². The van der Waals surface area contributed by atoms with Gasteiger partial charge in [-0.3, -0.25) is 4.80 Å². The van der Waals surface area contributed by atoms with E-state index in [9.17, 15) is 4.80 Å². The van der Waals surface area contributed by atoms with Crippen molar-refractivity contribution in [3.05, 3.63) is 60.7 Å². The Morgan fingerprint density at radius 2 is 1.00 bits per heavy atom. The van der Waals surface area contributed by atoms with Crippen molar-refractivity contribution in [3.63, 3.8) is 0 Å². The van der Waals surface area contributed by atoms with Crippen LogP contribution >= 0.6 is 0 Å². The second-order valence-electron chi connectivity index (χ2n) is 3.06. The summed E-state index contributed by atoms with van der Waals surface area (Å²) in [7, 11) is -1.79. The van der Waals surface area contributed by atoms with Crippen LogP contribution < -0.4 is 10.4 Å². The van der Waals surface area contributed by atoms with Crippen LogP contribution in [0.4, 0.5) is 0 Å². The highest BCUT2D eigenvalue weighted by Gasteiger charge is 2.15. The molecule has 0 amide bonds. The summed E-state index contributed by atoms with van der Waals surface area (Å²) >= 11 is 0. The summed E-state index contributed by atoms with van der Waals surface area (Å²) in [6.07, 6.45) is 0. The molecule has 0 aliphatic carbocycles. The highest BCUT2D eigenvalue weighted by molar-refractivity contribution is 6.78. The second kappa shape index (κ2) is 4.22. The van der Waals surface area contributed by atoms with Crippen LogP contribution in [0.5, 0.6) is 0 Å². The molecule has 68 valence electrons. The van der Waals surface area contributed by atoms with E-state index in [0.717, 1.165) is 10.4 Å². The fraction of sp³-hybridized carbons (Fsp3) is 0. The lowest BCUT2D eigenvalue weighted by atomic mass is 10.4. The molecule has 2 heteroatoms. The predicted molar refractivity (Wildman–Crippen MR) is 58.6 cm³/mol. The van der Waals surface area contributed by atoms with Gasteiger partial charge in [0.15, 0.2) is 0 Å². The SMILES string of the molecule is [O][Si](c1ccccc1)c1ccccc1. The average molecular weight is 198 g/mol.